The molecule has 0 atom stereocenters. The molecule has 1 aliphatic heterocycles. The van der Waals surface area contributed by atoms with Gasteiger partial charge in [-0.25, -0.2) is 0 Å². The van der Waals surface area contributed by atoms with Gasteiger partial charge in [-0.05, 0) is 48.2 Å². The van der Waals surface area contributed by atoms with Crippen LogP contribution in [0.2, 0.25) is 0 Å². The predicted octanol–water partition coefficient (Wildman–Crippen LogP) is 3.03. The summed E-state index contributed by atoms with van der Waals surface area (Å²) in [6, 6.07) is 10.1. The number of ether oxygens (including phenoxy) is 1. The molecule has 4 nitrogen and oxygen atoms in total. The number of carbonyl (C=O) groups excluding carboxylic acids is 1. The molecule has 0 N–H and O–H groups in total. The van der Waals surface area contributed by atoms with Crippen molar-refractivity contribution in [2.45, 2.75) is 6.92 Å². The van der Waals surface area contributed by atoms with Gasteiger partial charge in [0.2, 0.25) is 0 Å². The smallest absolute Gasteiger partial charge is 0.264 e. The highest BCUT2D eigenvalue weighted by Crippen LogP contribution is 2.22. The van der Waals surface area contributed by atoms with E-state index >= 15 is 0 Å². The molecule has 1 aromatic heterocycles. The lowest BCUT2D eigenvalue weighted by Gasteiger charge is -2.36. The molecular formula is C17H20N2O2S. The van der Waals surface area contributed by atoms with Gasteiger partial charge in [0.25, 0.3) is 5.91 Å². The van der Waals surface area contributed by atoms with E-state index in [9.17, 15) is 4.79 Å². The maximum atomic E-state index is 12.4. The summed E-state index contributed by atoms with van der Waals surface area (Å²) >= 11 is 1.53. The first-order chi connectivity index (χ1) is 10.7. The zero-order valence-corrected chi connectivity index (χ0v) is 13.7. The first kappa shape index (κ1) is 14.9. The van der Waals surface area contributed by atoms with Gasteiger partial charge in [0, 0.05) is 31.9 Å². The number of hydrogen-bond acceptors (Lipinski definition) is 4. The normalized spacial score (nSPS) is 15.0. The zero-order valence-electron chi connectivity index (χ0n) is 12.9. The van der Waals surface area contributed by atoms with Crippen LogP contribution in [0.3, 0.4) is 0 Å². The summed E-state index contributed by atoms with van der Waals surface area (Å²) in [5.74, 6) is 1.03. The van der Waals surface area contributed by atoms with E-state index in [1.807, 2.05) is 35.4 Å². The molecule has 3 rings (SSSR count). The third-order valence-electron chi connectivity index (χ3n) is 3.95. The zero-order chi connectivity index (χ0) is 15.5. The van der Waals surface area contributed by atoms with E-state index in [0.29, 0.717) is 0 Å². The average molecular weight is 316 g/mol. The van der Waals surface area contributed by atoms with Crippen LogP contribution < -0.4 is 9.64 Å². The van der Waals surface area contributed by atoms with Crippen molar-refractivity contribution in [3.05, 3.63) is 46.2 Å². The van der Waals surface area contributed by atoms with E-state index in [2.05, 4.69) is 17.0 Å². The second-order valence-electron chi connectivity index (χ2n) is 5.47. The molecule has 2 aromatic rings. The lowest BCUT2D eigenvalue weighted by Crippen LogP contribution is -2.48. The highest BCUT2D eigenvalue weighted by molar-refractivity contribution is 7.12. The molecule has 1 fully saturated rings. The van der Waals surface area contributed by atoms with Gasteiger partial charge in [-0.15, -0.1) is 11.3 Å². The molecule has 0 bridgehead atoms. The number of rotatable bonds is 3. The van der Waals surface area contributed by atoms with E-state index in [1.165, 1.54) is 17.0 Å². The molecule has 0 aliphatic carbocycles. The summed E-state index contributed by atoms with van der Waals surface area (Å²) in [5, 5.41) is 2.03. The van der Waals surface area contributed by atoms with Gasteiger partial charge in [0.15, 0.2) is 0 Å². The third kappa shape index (κ3) is 3.09. The van der Waals surface area contributed by atoms with Crippen LogP contribution in [0.4, 0.5) is 5.69 Å². The lowest BCUT2D eigenvalue weighted by atomic mass is 10.2. The molecular weight excluding hydrogens is 296 g/mol. The minimum atomic E-state index is 0.160. The quantitative estimate of drug-likeness (QED) is 0.872. The highest BCUT2D eigenvalue weighted by atomic mass is 32.1. The van der Waals surface area contributed by atoms with Gasteiger partial charge in [0.1, 0.15) is 5.75 Å². The van der Waals surface area contributed by atoms with E-state index in [1.54, 1.807) is 7.11 Å². The van der Waals surface area contributed by atoms with Gasteiger partial charge in [-0.2, -0.15) is 0 Å². The monoisotopic (exact) mass is 316 g/mol. The van der Waals surface area contributed by atoms with Crippen LogP contribution in [-0.4, -0.2) is 44.1 Å². The Morgan fingerprint density at radius 3 is 2.36 bits per heavy atom. The van der Waals surface area contributed by atoms with Crippen molar-refractivity contribution in [1.82, 2.24) is 4.90 Å². The topological polar surface area (TPSA) is 32.8 Å². The Kier molecular flexibility index (Phi) is 4.34. The lowest BCUT2D eigenvalue weighted by molar-refractivity contribution is 0.0751. The standard InChI is InChI=1S/C17H20N2O2S/c1-13-11-16(22-12-13)17(20)19-9-7-18(8-10-19)14-3-5-15(21-2)6-4-14/h3-6,11-12H,7-10H2,1-2H3. The molecule has 2 heterocycles. The Morgan fingerprint density at radius 1 is 1.14 bits per heavy atom. The highest BCUT2D eigenvalue weighted by Gasteiger charge is 2.23. The summed E-state index contributed by atoms with van der Waals surface area (Å²) < 4.78 is 5.19. The fourth-order valence-corrected chi connectivity index (χ4v) is 3.52. The average Bonchev–Trinajstić information content (AvgIpc) is 3.01. The maximum Gasteiger partial charge on any atom is 0.264 e. The fourth-order valence-electron chi connectivity index (χ4n) is 2.66. The summed E-state index contributed by atoms with van der Waals surface area (Å²) in [5.41, 5.74) is 2.34. The van der Waals surface area contributed by atoms with Crippen LogP contribution in [0.5, 0.6) is 5.75 Å². The van der Waals surface area contributed by atoms with Crippen molar-refractivity contribution in [2.24, 2.45) is 0 Å². The summed E-state index contributed by atoms with van der Waals surface area (Å²) in [6.07, 6.45) is 0. The van der Waals surface area contributed by atoms with E-state index < -0.39 is 0 Å². The van der Waals surface area contributed by atoms with Crippen molar-refractivity contribution in [3.8, 4) is 5.75 Å². The number of aryl methyl sites for hydroxylation is 1. The number of piperazine rings is 1. The molecule has 22 heavy (non-hydrogen) atoms. The molecule has 0 unspecified atom stereocenters. The molecule has 1 saturated heterocycles. The van der Waals surface area contributed by atoms with Crippen LogP contribution in [0.1, 0.15) is 15.2 Å². The Balaban J connectivity index is 1.61. The van der Waals surface area contributed by atoms with Gasteiger partial charge in [-0.3, -0.25) is 4.79 Å². The third-order valence-corrected chi connectivity index (χ3v) is 4.98. The second kappa shape index (κ2) is 6.40. The van der Waals surface area contributed by atoms with Crippen LogP contribution in [-0.2, 0) is 0 Å². The SMILES string of the molecule is COc1ccc(N2CCN(C(=O)c3cc(C)cs3)CC2)cc1. The maximum absolute atomic E-state index is 12.4. The Hall–Kier alpha value is -2.01. The van der Waals surface area contributed by atoms with E-state index in [0.717, 1.165) is 42.4 Å². The molecule has 1 aromatic carbocycles. The number of benzene rings is 1. The largest absolute Gasteiger partial charge is 0.497 e. The Labute approximate surface area is 134 Å². The Morgan fingerprint density at radius 2 is 1.82 bits per heavy atom. The van der Waals surface area contributed by atoms with Gasteiger partial charge < -0.3 is 14.5 Å². The Bertz CT molecular complexity index is 643. The van der Waals surface area contributed by atoms with Crippen LogP contribution >= 0.6 is 11.3 Å². The molecule has 1 aliphatic rings. The van der Waals surface area contributed by atoms with Crippen molar-refractivity contribution >= 4 is 22.9 Å². The number of nitrogens with zero attached hydrogens (tertiary/aromatic N) is 2. The first-order valence-corrected chi connectivity index (χ1v) is 8.29. The molecule has 0 saturated carbocycles. The van der Waals surface area contributed by atoms with E-state index in [-0.39, 0.29) is 5.91 Å². The molecule has 0 radical (unpaired) electrons. The summed E-state index contributed by atoms with van der Waals surface area (Å²) in [7, 11) is 1.67. The minimum Gasteiger partial charge on any atom is -0.497 e. The first-order valence-electron chi connectivity index (χ1n) is 7.41. The van der Waals surface area contributed by atoms with Gasteiger partial charge in [0.05, 0.1) is 12.0 Å². The van der Waals surface area contributed by atoms with Gasteiger partial charge >= 0.3 is 0 Å². The number of thiophene rings is 1. The van der Waals surface area contributed by atoms with Crippen LogP contribution in [0.15, 0.2) is 35.7 Å². The number of anilines is 1. The van der Waals surface area contributed by atoms with E-state index in [4.69, 9.17) is 4.74 Å². The van der Waals surface area contributed by atoms with Gasteiger partial charge in [-0.1, -0.05) is 0 Å². The second-order valence-corrected chi connectivity index (χ2v) is 6.38. The molecule has 5 heteroatoms. The molecule has 1 amide bonds. The minimum absolute atomic E-state index is 0.160. The summed E-state index contributed by atoms with van der Waals surface area (Å²) in [4.78, 5) is 17.5. The van der Waals surface area contributed by atoms with Crippen molar-refractivity contribution < 1.29 is 9.53 Å². The van der Waals surface area contributed by atoms with Crippen LogP contribution in [0.25, 0.3) is 0 Å². The van der Waals surface area contributed by atoms with Crippen molar-refractivity contribution in [3.63, 3.8) is 0 Å². The number of methoxy groups -OCH3 is 1. The van der Waals surface area contributed by atoms with Crippen molar-refractivity contribution in [1.29, 1.82) is 0 Å². The number of amides is 1. The number of carbonyl (C=O) groups is 1. The number of hydrogen-bond donors (Lipinski definition) is 0. The summed E-state index contributed by atoms with van der Waals surface area (Å²) in [6.45, 7) is 5.28. The molecule has 0 spiro atoms. The fraction of sp³-hybridized carbons (Fsp3) is 0.353. The van der Waals surface area contributed by atoms with Crippen molar-refractivity contribution in [2.75, 3.05) is 38.2 Å². The predicted molar refractivity (Wildman–Crippen MR) is 90.2 cm³/mol. The molecule has 116 valence electrons. The van der Waals surface area contributed by atoms with Crippen LogP contribution in [0, 0.1) is 6.92 Å².